The van der Waals surface area contributed by atoms with Crippen molar-refractivity contribution in [2.24, 2.45) is 0 Å². The number of nitrogens with zero attached hydrogens (tertiary/aromatic N) is 1. The lowest BCUT2D eigenvalue weighted by Gasteiger charge is -2.43. The Hall–Kier alpha value is -0.320. The number of halogens is 1. The lowest BCUT2D eigenvalue weighted by atomic mass is 9.78. The van der Waals surface area contributed by atoms with Crippen molar-refractivity contribution in [1.82, 2.24) is 10.2 Å². The van der Waals surface area contributed by atoms with Gasteiger partial charge in [0.15, 0.2) is 0 Å². The Morgan fingerprint density at radius 2 is 1.93 bits per heavy atom. The second-order valence-corrected chi connectivity index (χ2v) is 4.09. The fourth-order valence-electron chi connectivity index (χ4n) is 2.16. The molecule has 2 fully saturated rings. The summed E-state index contributed by atoms with van der Waals surface area (Å²) in [6.45, 7) is 3.46. The third-order valence-electron chi connectivity index (χ3n) is 3.35. The van der Waals surface area contributed by atoms with Crippen LogP contribution < -0.4 is 5.32 Å². The Morgan fingerprint density at radius 3 is 2.33 bits per heavy atom. The zero-order chi connectivity index (χ0) is 10.0. The maximum atomic E-state index is 12.1. The minimum absolute atomic E-state index is 0. The third-order valence-corrected chi connectivity index (χ3v) is 3.35. The van der Waals surface area contributed by atoms with Crippen molar-refractivity contribution in [3.05, 3.63) is 0 Å². The second kappa shape index (κ2) is 5.14. The first-order chi connectivity index (χ1) is 6.78. The maximum absolute atomic E-state index is 12.1. The number of nitrogens with one attached hydrogen (secondary N) is 1. The first kappa shape index (κ1) is 12.7. The maximum Gasteiger partial charge on any atom is 0.254 e. The van der Waals surface area contributed by atoms with Crippen molar-refractivity contribution in [3.8, 4) is 0 Å². The average molecular weight is 235 g/mol. The summed E-state index contributed by atoms with van der Waals surface area (Å²) < 4.78 is 5.38. The predicted molar refractivity (Wildman–Crippen MR) is 60.3 cm³/mol. The summed E-state index contributed by atoms with van der Waals surface area (Å²) in [7, 11) is 1.65. The van der Waals surface area contributed by atoms with Crippen LogP contribution in [0.25, 0.3) is 0 Å². The minimum atomic E-state index is -0.461. The SMILES string of the molecule is COC1(C(=O)N2CCNCC2)CCC1.Cl. The molecule has 0 bridgehead atoms. The number of carbonyl (C=O) groups is 1. The molecule has 1 N–H and O–H groups in total. The molecule has 2 rings (SSSR count). The van der Waals surface area contributed by atoms with Crippen LogP contribution in [0.4, 0.5) is 0 Å². The highest BCUT2D eigenvalue weighted by molar-refractivity contribution is 5.86. The van der Waals surface area contributed by atoms with Crippen LogP contribution in [-0.2, 0) is 9.53 Å². The quantitative estimate of drug-likeness (QED) is 0.753. The molecule has 1 saturated carbocycles. The van der Waals surface area contributed by atoms with Crippen LogP contribution in [0.3, 0.4) is 0 Å². The summed E-state index contributed by atoms with van der Waals surface area (Å²) in [6.07, 6.45) is 2.91. The second-order valence-electron chi connectivity index (χ2n) is 4.09. The van der Waals surface area contributed by atoms with Crippen LogP contribution in [0.5, 0.6) is 0 Å². The summed E-state index contributed by atoms with van der Waals surface area (Å²) in [6, 6.07) is 0. The molecule has 0 spiro atoms. The summed E-state index contributed by atoms with van der Waals surface area (Å²) in [5.41, 5.74) is -0.461. The van der Waals surface area contributed by atoms with E-state index in [2.05, 4.69) is 5.32 Å². The van der Waals surface area contributed by atoms with Crippen LogP contribution in [0.15, 0.2) is 0 Å². The number of carbonyl (C=O) groups excluding carboxylic acids is 1. The molecule has 0 aromatic carbocycles. The average Bonchev–Trinajstić information content (AvgIpc) is 2.18. The highest BCUT2D eigenvalue weighted by atomic mass is 35.5. The molecule has 0 unspecified atom stereocenters. The third kappa shape index (κ3) is 2.27. The number of rotatable bonds is 2. The van der Waals surface area contributed by atoms with Crippen molar-refractivity contribution >= 4 is 18.3 Å². The number of hydrogen-bond acceptors (Lipinski definition) is 3. The topological polar surface area (TPSA) is 41.6 Å². The van der Waals surface area contributed by atoms with Gasteiger partial charge in [-0.1, -0.05) is 0 Å². The predicted octanol–water partition coefficient (Wildman–Crippen LogP) is 0.409. The standard InChI is InChI=1S/C10H18N2O2.ClH/c1-14-10(3-2-4-10)9(13)12-7-5-11-6-8-12;/h11H,2-8H2,1H3;1H. The Labute approximate surface area is 96.7 Å². The van der Waals surface area contributed by atoms with Crippen LogP contribution in [0.2, 0.25) is 0 Å². The van der Waals surface area contributed by atoms with Crippen molar-refractivity contribution in [2.45, 2.75) is 24.9 Å². The zero-order valence-electron chi connectivity index (χ0n) is 9.12. The van der Waals surface area contributed by atoms with Crippen molar-refractivity contribution in [3.63, 3.8) is 0 Å². The molecule has 0 aromatic rings. The van der Waals surface area contributed by atoms with Crippen LogP contribution in [-0.4, -0.2) is 49.7 Å². The van der Waals surface area contributed by atoms with Crippen LogP contribution in [0, 0.1) is 0 Å². The highest BCUT2D eigenvalue weighted by Crippen LogP contribution is 2.36. The molecule has 15 heavy (non-hydrogen) atoms. The van der Waals surface area contributed by atoms with E-state index in [4.69, 9.17) is 4.74 Å². The van der Waals surface area contributed by atoms with E-state index < -0.39 is 5.60 Å². The van der Waals surface area contributed by atoms with E-state index in [0.717, 1.165) is 45.4 Å². The number of piperazine rings is 1. The van der Waals surface area contributed by atoms with Gasteiger partial charge in [-0.15, -0.1) is 12.4 Å². The number of amides is 1. The first-order valence-corrected chi connectivity index (χ1v) is 5.34. The van der Waals surface area contributed by atoms with E-state index in [1.165, 1.54) is 0 Å². The zero-order valence-corrected chi connectivity index (χ0v) is 9.94. The van der Waals surface area contributed by atoms with Gasteiger partial charge in [-0.2, -0.15) is 0 Å². The number of ether oxygens (including phenoxy) is 1. The monoisotopic (exact) mass is 234 g/mol. The molecule has 0 radical (unpaired) electrons. The molecule has 1 aliphatic heterocycles. The largest absolute Gasteiger partial charge is 0.368 e. The first-order valence-electron chi connectivity index (χ1n) is 5.34. The normalized spacial score (nSPS) is 23.9. The lowest BCUT2D eigenvalue weighted by Crippen LogP contribution is -2.58. The minimum Gasteiger partial charge on any atom is -0.368 e. The summed E-state index contributed by atoms with van der Waals surface area (Å²) in [4.78, 5) is 14.0. The van der Waals surface area contributed by atoms with Gasteiger partial charge in [-0.3, -0.25) is 4.79 Å². The van der Waals surface area contributed by atoms with Crippen molar-refractivity contribution < 1.29 is 9.53 Å². The number of hydrogen-bond donors (Lipinski definition) is 1. The van der Waals surface area contributed by atoms with Crippen LogP contribution >= 0.6 is 12.4 Å². The molecule has 1 heterocycles. The number of methoxy groups -OCH3 is 1. The van der Waals surface area contributed by atoms with Crippen molar-refractivity contribution in [1.29, 1.82) is 0 Å². The van der Waals surface area contributed by atoms with Gasteiger partial charge in [0.1, 0.15) is 5.60 Å². The lowest BCUT2D eigenvalue weighted by molar-refractivity contribution is -0.166. The van der Waals surface area contributed by atoms with E-state index in [1.807, 2.05) is 4.90 Å². The van der Waals surface area contributed by atoms with E-state index in [9.17, 15) is 4.79 Å². The van der Waals surface area contributed by atoms with E-state index >= 15 is 0 Å². The van der Waals surface area contributed by atoms with E-state index in [-0.39, 0.29) is 18.3 Å². The smallest absolute Gasteiger partial charge is 0.254 e. The van der Waals surface area contributed by atoms with Gasteiger partial charge in [0, 0.05) is 33.3 Å². The fourth-order valence-corrected chi connectivity index (χ4v) is 2.16. The molecule has 1 amide bonds. The Kier molecular flexibility index (Phi) is 4.37. The Bertz CT molecular complexity index is 220. The molecule has 2 aliphatic rings. The molecular formula is C10H19ClN2O2. The fraction of sp³-hybridized carbons (Fsp3) is 0.900. The molecule has 4 nitrogen and oxygen atoms in total. The van der Waals surface area contributed by atoms with Gasteiger partial charge in [0.05, 0.1) is 0 Å². The highest BCUT2D eigenvalue weighted by Gasteiger charge is 2.46. The molecule has 88 valence electrons. The van der Waals surface area contributed by atoms with E-state index in [1.54, 1.807) is 7.11 Å². The van der Waals surface area contributed by atoms with Crippen LogP contribution in [0.1, 0.15) is 19.3 Å². The molecule has 0 atom stereocenters. The Morgan fingerprint density at radius 1 is 1.33 bits per heavy atom. The van der Waals surface area contributed by atoms with Gasteiger partial charge in [-0.25, -0.2) is 0 Å². The molecule has 1 saturated heterocycles. The molecule has 5 heteroatoms. The molecule has 0 aromatic heterocycles. The van der Waals surface area contributed by atoms with Gasteiger partial charge < -0.3 is 15.0 Å². The molecule has 1 aliphatic carbocycles. The van der Waals surface area contributed by atoms with Gasteiger partial charge >= 0.3 is 0 Å². The van der Waals surface area contributed by atoms with Crippen molar-refractivity contribution in [2.75, 3.05) is 33.3 Å². The summed E-state index contributed by atoms with van der Waals surface area (Å²) >= 11 is 0. The molecular weight excluding hydrogens is 216 g/mol. The van der Waals surface area contributed by atoms with Gasteiger partial charge in [0.25, 0.3) is 5.91 Å². The summed E-state index contributed by atoms with van der Waals surface area (Å²) in [5.74, 6) is 0.202. The van der Waals surface area contributed by atoms with Gasteiger partial charge in [0.2, 0.25) is 0 Å². The Balaban J connectivity index is 0.00000112. The summed E-state index contributed by atoms with van der Waals surface area (Å²) in [5, 5.41) is 3.24. The van der Waals surface area contributed by atoms with Gasteiger partial charge in [-0.05, 0) is 19.3 Å². The van der Waals surface area contributed by atoms with E-state index in [0.29, 0.717) is 0 Å².